The van der Waals surface area contributed by atoms with Crippen LogP contribution in [0.2, 0.25) is 10.0 Å². The van der Waals surface area contributed by atoms with E-state index in [4.69, 9.17) is 23.2 Å². The quantitative estimate of drug-likeness (QED) is 0.413. The minimum Gasteiger partial charge on any atom is -0.326 e. The largest absolute Gasteiger partial charge is 0.326 e. The molecular formula is C23H20Cl2N2O2S. The maximum Gasteiger partial charge on any atom is 0.234 e. The number of hydrogen-bond donors (Lipinski definition) is 2. The number of carbonyl (C=O) groups excluding carboxylic acids is 2. The van der Waals surface area contributed by atoms with Crippen molar-refractivity contribution in [3.63, 3.8) is 0 Å². The minimum atomic E-state index is -0.128. The van der Waals surface area contributed by atoms with Crippen molar-refractivity contribution in [3.05, 3.63) is 87.9 Å². The molecule has 7 heteroatoms. The number of carbonyl (C=O) groups is 2. The maximum atomic E-state index is 12.3. The molecule has 0 saturated heterocycles. The van der Waals surface area contributed by atoms with E-state index in [0.717, 1.165) is 16.0 Å². The molecule has 0 aliphatic carbocycles. The van der Waals surface area contributed by atoms with Crippen LogP contribution in [0.5, 0.6) is 0 Å². The van der Waals surface area contributed by atoms with Crippen LogP contribution in [0.1, 0.15) is 11.1 Å². The monoisotopic (exact) mass is 458 g/mol. The zero-order valence-corrected chi connectivity index (χ0v) is 18.6. The van der Waals surface area contributed by atoms with E-state index >= 15 is 0 Å². The summed E-state index contributed by atoms with van der Waals surface area (Å²) in [7, 11) is 0. The molecule has 0 spiro atoms. The van der Waals surface area contributed by atoms with Gasteiger partial charge in [0.1, 0.15) is 0 Å². The molecule has 0 radical (unpaired) electrons. The molecule has 0 aliphatic rings. The average Bonchev–Trinajstić information content (AvgIpc) is 2.71. The van der Waals surface area contributed by atoms with E-state index in [1.54, 1.807) is 18.2 Å². The van der Waals surface area contributed by atoms with Gasteiger partial charge in [-0.25, -0.2) is 0 Å². The summed E-state index contributed by atoms with van der Waals surface area (Å²) in [6.45, 7) is 1.91. The van der Waals surface area contributed by atoms with E-state index in [1.165, 1.54) is 11.8 Å². The molecular weight excluding hydrogens is 439 g/mol. The molecule has 2 amide bonds. The molecule has 154 valence electrons. The number of hydrogen-bond acceptors (Lipinski definition) is 3. The first-order chi connectivity index (χ1) is 14.4. The maximum absolute atomic E-state index is 12.3. The summed E-state index contributed by atoms with van der Waals surface area (Å²) >= 11 is 13.3. The van der Waals surface area contributed by atoms with Crippen molar-refractivity contribution >= 4 is 58.2 Å². The Morgan fingerprint density at radius 3 is 2.30 bits per heavy atom. The molecule has 30 heavy (non-hydrogen) atoms. The smallest absolute Gasteiger partial charge is 0.234 e. The molecule has 0 fully saturated rings. The van der Waals surface area contributed by atoms with Gasteiger partial charge in [-0.2, -0.15) is 0 Å². The summed E-state index contributed by atoms with van der Waals surface area (Å²) in [5.41, 5.74) is 3.19. The Balaban J connectivity index is 1.52. The highest BCUT2D eigenvalue weighted by Crippen LogP contribution is 2.23. The molecule has 0 atom stereocenters. The van der Waals surface area contributed by atoms with Crippen LogP contribution in [0.15, 0.2) is 71.6 Å². The van der Waals surface area contributed by atoms with Gasteiger partial charge in [0, 0.05) is 26.3 Å². The molecule has 3 aromatic rings. The number of aryl methyl sites for hydroxylation is 1. The van der Waals surface area contributed by atoms with Crippen molar-refractivity contribution < 1.29 is 9.59 Å². The zero-order chi connectivity index (χ0) is 21.5. The van der Waals surface area contributed by atoms with E-state index < -0.39 is 0 Å². The molecule has 0 aliphatic heterocycles. The van der Waals surface area contributed by atoms with Gasteiger partial charge < -0.3 is 10.6 Å². The van der Waals surface area contributed by atoms with Crippen LogP contribution in [0.25, 0.3) is 0 Å². The minimum absolute atomic E-state index is 0.117. The van der Waals surface area contributed by atoms with Gasteiger partial charge in [0.15, 0.2) is 0 Å². The number of thioether (sulfide) groups is 1. The van der Waals surface area contributed by atoms with Crippen molar-refractivity contribution in [1.29, 1.82) is 0 Å². The lowest BCUT2D eigenvalue weighted by atomic mass is 10.1. The van der Waals surface area contributed by atoms with E-state index in [-0.39, 0.29) is 24.0 Å². The number of amides is 2. The van der Waals surface area contributed by atoms with Crippen molar-refractivity contribution in [1.82, 2.24) is 0 Å². The third-order valence-corrected chi connectivity index (χ3v) is 5.87. The van der Waals surface area contributed by atoms with Crippen LogP contribution in [0, 0.1) is 6.92 Å². The van der Waals surface area contributed by atoms with E-state index in [1.807, 2.05) is 55.5 Å². The fraction of sp³-hybridized carbons (Fsp3) is 0.130. The highest BCUT2D eigenvalue weighted by molar-refractivity contribution is 8.00. The Hall–Kier alpha value is -2.47. The number of rotatable bonds is 7. The van der Waals surface area contributed by atoms with Gasteiger partial charge >= 0.3 is 0 Å². The molecule has 4 nitrogen and oxygen atoms in total. The molecule has 0 bridgehead atoms. The Labute approximate surface area is 190 Å². The predicted molar refractivity (Wildman–Crippen MR) is 126 cm³/mol. The topological polar surface area (TPSA) is 58.2 Å². The Morgan fingerprint density at radius 2 is 1.57 bits per heavy atom. The summed E-state index contributed by atoms with van der Waals surface area (Å²) in [4.78, 5) is 25.4. The zero-order valence-electron chi connectivity index (χ0n) is 16.2. The molecule has 0 aromatic heterocycles. The summed E-state index contributed by atoms with van der Waals surface area (Å²) in [6, 6.07) is 20.0. The van der Waals surface area contributed by atoms with Gasteiger partial charge in [0.2, 0.25) is 11.8 Å². The van der Waals surface area contributed by atoms with Crippen LogP contribution in [-0.4, -0.2) is 17.6 Å². The van der Waals surface area contributed by atoms with Crippen molar-refractivity contribution in [2.75, 3.05) is 16.4 Å². The van der Waals surface area contributed by atoms with Crippen LogP contribution in [0.3, 0.4) is 0 Å². The summed E-state index contributed by atoms with van der Waals surface area (Å²) in [5, 5.41) is 6.97. The van der Waals surface area contributed by atoms with Gasteiger partial charge in [-0.05, 0) is 60.5 Å². The second kappa shape index (κ2) is 10.5. The van der Waals surface area contributed by atoms with Gasteiger partial charge in [-0.3, -0.25) is 9.59 Å². The Morgan fingerprint density at radius 1 is 0.867 bits per heavy atom. The lowest BCUT2D eigenvalue weighted by molar-refractivity contribution is -0.115. The fourth-order valence-corrected chi connectivity index (χ4v) is 3.73. The van der Waals surface area contributed by atoms with Crippen molar-refractivity contribution in [3.8, 4) is 0 Å². The first-order valence-corrected chi connectivity index (χ1v) is 11.0. The van der Waals surface area contributed by atoms with Gasteiger partial charge in [-0.15, -0.1) is 11.8 Å². The predicted octanol–water partition coefficient (Wildman–Crippen LogP) is 6.21. The van der Waals surface area contributed by atoms with Gasteiger partial charge in [0.25, 0.3) is 0 Å². The first kappa shape index (κ1) is 22.2. The average molecular weight is 459 g/mol. The standard InChI is InChI=1S/C23H20Cl2N2O2S/c1-15-5-10-19(13-21(15)25)27-23(29)14-30-20-4-2-3-18(12-20)26-22(28)11-16-6-8-17(24)9-7-16/h2-10,12-13H,11,14H2,1H3,(H,26,28)(H,27,29). The van der Waals surface area contributed by atoms with Crippen LogP contribution < -0.4 is 10.6 Å². The normalized spacial score (nSPS) is 10.5. The highest BCUT2D eigenvalue weighted by Gasteiger charge is 2.08. The summed E-state index contributed by atoms with van der Waals surface area (Å²) < 4.78 is 0. The molecule has 0 saturated carbocycles. The summed E-state index contributed by atoms with van der Waals surface area (Å²) in [6.07, 6.45) is 0.260. The van der Waals surface area contributed by atoms with E-state index in [2.05, 4.69) is 10.6 Å². The number of nitrogens with one attached hydrogen (secondary N) is 2. The number of halogens is 2. The van der Waals surface area contributed by atoms with Crippen LogP contribution in [0.4, 0.5) is 11.4 Å². The molecule has 2 N–H and O–H groups in total. The SMILES string of the molecule is Cc1ccc(NC(=O)CSc2cccc(NC(=O)Cc3ccc(Cl)cc3)c2)cc1Cl. The van der Waals surface area contributed by atoms with Crippen molar-refractivity contribution in [2.45, 2.75) is 18.2 Å². The fourth-order valence-electron chi connectivity index (χ4n) is 2.67. The van der Waals surface area contributed by atoms with Gasteiger partial charge in [-0.1, -0.05) is 47.5 Å². The molecule has 3 aromatic carbocycles. The summed E-state index contributed by atoms with van der Waals surface area (Å²) in [5.74, 6) is -0.00113. The first-order valence-electron chi connectivity index (χ1n) is 9.22. The van der Waals surface area contributed by atoms with E-state index in [9.17, 15) is 9.59 Å². The third kappa shape index (κ3) is 6.80. The highest BCUT2D eigenvalue weighted by atomic mass is 35.5. The number of anilines is 2. The lowest BCUT2D eigenvalue weighted by Crippen LogP contribution is -2.15. The van der Waals surface area contributed by atoms with Crippen molar-refractivity contribution in [2.24, 2.45) is 0 Å². The second-order valence-electron chi connectivity index (χ2n) is 6.68. The third-order valence-electron chi connectivity index (χ3n) is 4.22. The van der Waals surface area contributed by atoms with E-state index in [0.29, 0.717) is 21.4 Å². The number of benzene rings is 3. The van der Waals surface area contributed by atoms with Gasteiger partial charge in [0.05, 0.1) is 12.2 Å². The molecule has 0 heterocycles. The second-order valence-corrected chi connectivity index (χ2v) is 8.57. The Kier molecular flexibility index (Phi) is 7.80. The van der Waals surface area contributed by atoms with Crippen LogP contribution in [-0.2, 0) is 16.0 Å². The molecule has 0 unspecified atom stereocenters. The van der Waals surface area contributed by atoms with Crippen LogP contribution >= 0.6 is 35.0 Å². The Bertz CT molecular complexity index is 1060. The lowest BCUT2D eigenvalue weighted by Gasteiger charge is -2.09. The molecule has 3 rings (SSSR count).